The van der Waals surface area contributed by atoms with E-state index in [0.717, 1.165) is 57.1 Å². The first-order valence-corrected chi connectivity index (χ1v) is 11.4. The zero-order valence-corrected chi connectivity index (χ0v) is 18.0. The van der Waals surface area contributed by atoms with Crippen molar-refractivity contribution in [3.63, 3.8) is 0 Å². The predicted octanol–water partition coefficient (Wildman–Crippen LogP) is 4.90. The maximum absolute atomic E-state index is 14.1. The van der Waals surface area contributed by atoms with Gasteiger partial charge >= 0.3 is 0 Å². The highest BCUT2D eigenvalue weighted by Gasteiger charge is 2.23. The van der Waals surface area contributed by atoms with Crippen molar-refractivity contribution in [1.82, 2.24) is 15.3 Å². The van der Waals surface area contributed by atoms with Crippen molar-refractivity contribution in [1.29, 1.82) is 0 Å². The largest absolute Gasteiger partial charge is 0.490 e. The summed E-state index contributed by atoms with van der Waals surface area (Å²) in [6.45, 7) is 2.55. The number of nitrogens with one attached hydrogen (secondary N) is 1. The predicted molar refractivity (Wildman–Crippen MR) is 119 cm³/mol. The molecule has 1 N–H and O–H groups in total. The van der Waals surface area contributed by atoms with Gasteiger partial charge in [0.25, 0.3) is 0 Å². The van der Waals surface area contributed by atoms with Crippen LogP contribution in [0.1, 0.15) is 10.6 Å². The van der Waals surface area contributed by atoms with Gasteiger partial charge in [0.1, 0.15) is 28.9 Å². The van der Waals surface area contributed by atoms with Crippen LogP contribution < -0.4 is 10.1 Å². The first kappa shape index (κ1) is 19.6. The average molecular weight is 442 g/mol. The zero-order valence-electron chi connectivity index (χ0n) is 16.4. The van der Waals surface area contributed by atoms with E-state index in [0.29, 0.717) is 19.0 Å². The number of fused-ring (bicyclic) bond motifs is 2. The van der Waals surface area contributed by atoms with Crippen LogP contribution >= 0.6 is 22.7 Å². The number of thiophene rings is 1. The smallest absolute Gasteiger partial charge is 0.143 e. The number of aromatic nitrogens is 2. The Morgan fingerprint density at radius 2 is 2.17 bits per heavy atom. The third-order valence-electron chi connectivity index (χ3n) is 5.06. The first-order valence-electron chi connectivity index (χ1n) is 9.72. The Labute approximate surface area is 181 Å². The number of pyridine rings is 1. The number of hydrogen-bond donors (Lipinski definition) is 1. The van der Waals surface area contributed by atoms with E-state index < -0.39 is 0 Å². The monoisotopic (exact) mass is 441 g/mol. The molecule has 0 unspecified atom stereocenters. The highest BCUT2D eigenvalue weighted by atomic mass is 32.1. The summed E-state index contributed by atoms with van der Waals surface area (Å²) in [6.07, 6.45) is 2.81. The molecule has 0 atom stereocenters. The molecular formula is C22H20FN3O2S2. The number of hydrogen-bond acceptors (Lipinski definition) is 7. The van der Waals surface area contributed by atoms with Crippen molar-refractivity contribution in [2.75, 3.05) is 26.9 Å². The molecule has 3 aromatic heterocycles. The van der Waals surface area contributed by atoms with E-state index in [4.69, 9.17) is 19.4 Å². The summed E-state index contributed by atoms with van der Waals surface area (Å²) in [6, 6.07) is 6.71. The van der Waals surface area contributed by atoms with Gasteiger partial charge in [-0.1, -0.05) is 0 Å². The molecule has 0 aliphatic carbocycles. The fourth-order valence-corrected chi connectivity index (χ4v) is 5.64. The third kappa shape index (κ3) is 3.60. The van der Waals surface area contributed by atoms with Gasteiger partial charge in [0, 0.05) is 65.0 Å². The molecule has 0 radical (unpaired) electrons. The number of methoxy groups -OCH3 is 1. The van der Waals surface area contributed by atoms with Crippen molar-refractivity contribution >= 4 is 32.8 Å². The Bertz CT molecular complexity index is 1180. The molecule has 4 heterocycles. The van der Waals surface area contributed by atoms with Crippen molar-refractivity contribution in [3.8, 4) is 27.6 Å². The summed E-state index contributed by atoms with van der Waals surface area (Å²) in [5.74, 6) is 0.147. The second-order valence-corrected chi connectivity index (χ2v) is 8.98. The van der Waals surface area contributed by atoms with Crippen LogP contribution in [-0.4, -0.2) is 36.8 Å². The number of nitrogens with zero attached hydrogens (tertiary/aromatic N) is 2. The first-order chi connectivity index (χ1) is 14.7. The molecule has 0 saturated carbocycles. The molecule has 1 aliphatic heterocycles. The zero-order chi connectivity index (χ0) is 20.5. The highest BCUT2D eigenvalue weighted by Crippen LogP contribution is 2.44. The van der Waals surface area contributed by atoms with Gasteiger partial charge in [-0.05, 0) is 23.6 Å². The lowest BCUT2D eigenvalue weighted by atomic mass is 10.0. The molecular weight excluding hydrogens is 421 g/mol. The van der Waals surface area contributed by atoms with Gasteiger partial charge in [0.2, 0.25) is 0 Å². The van der Waals surface area contributed by atoms with Gasteiger partial charge in [0.15, 0.2) is 0 Å². The van der Waals surface area contributed by atoms with Gasteiger partial charge in [-0.3, -0.25) is 4.98 Å². The SMILES string of the molecule is COCCOc1cc(F)ccc1-c1c(-c2nc3c(s2)CNCC3)ncc2ccsc12. The number of benzene rings is 1. The number of halogens is 1. The lowest BCUT2D eigenvalue weighted by Gasteiger charge is -2.14. The van der Waals surface area contributed by atoms with Crippen LogP contribution in [-0.2, 0) is 17.7 Å². The summed E-state index contributed by atoms with van der Waals surface area (Å²) in [4.78, 5) is 11.0. The van der Waals surface area contributed by atoms with E-state index in [2.05, 4.69) is 5.32 Å². The Balaban J connectivity index is 1.70. The van der Waals surface area contributed by atoms with Crippen LogP contribution in [0.25, 0.3) is 31.9 Å². The van der Waals surface area contributed by atoms with Crippen LogP contribution in [0.15, 0.2) is 35.8 Å². The molecule has 0 bridgehead atoms. The van der Waals surface area contributed by atoms with E-state index in [9.17, 15) is 4.39 Å². The Morgan fingerprint density at radius 1 is 1.23 bits per heavy atom. The van der Waals surface area contributed by atoms with Crippen LogP contribution in [0.4, 0.5) is 4.39 Å². The van der Waals surface area contributed by atoms with Crippen molar-refractivity contribution < 1.29 is 13.9 Å². The van der Waals surface area contributed by atoms with E-state index in [1.807, 2.05) is 17.6 Å². The lowest BCUT2D eigenvalue weighted by molar-refractivity contribution is 0.146. The molecule has 1 aliphatic rings. The van der Waals surface area contributed by atoms with Crippen LogP contribution in [0.2, 0.25) is 0 Å². The lowest BCUT2D eigenvalue weighted by Crippen LogP contribution is -2.22. The molecule has 5 nitrogen and oxygen atoms in total. The van der Waals surface area contributed by atoms with E-state index in [-0.39, 0.29) is 5.82 Å². The number of ether oxygens (including phenoxy) is 2. The molecule has 30 heavy (non-hydrogen) atoms. The van der Waals surface area contributed by atoms with Crippen molar-refractivity contribution in [2.45, 2.75) is 13.0 Å². The molecule has 154 valence electrons. The molecule has 0 spiro atoms. The Kier molecular flexibility index (Phi) is 5.47. The molecule has 5 rings (SSSR count). The van der Waals surface area contributed by atoms with Gasteiger partial charge < -0.3 is 14.8 Å². The quantitative estimate of drug-likeness (QED) is 0.432. The minimum atomic E-state index is -0.338. The second kappa shape index (κ2) is 8.39. The van der Waals surface area contributed by atoms with Crippen LogP contribution in [0.5, 0.6) is 5.75 Å². The minimum absolute atomic E-state index is 0.338. The summed E-state index contributed by atoms with van der Waals surface area (Å²) >= 11 is 3.32. The molecule has 0 fully saturated rings. The molecule has 4 aromatic rings. The second-order valence-electron chi connectivity index (χ2n) is 6.98. The van der Waals surface area contributed by atoms with E-state index in [1.54, 1.807) is 35.8 Å². The molecule has 0 saturated heterocycles. The maximum Gasteiger partial charge on any atom is 0.143 e. The van der Waals surface area contributed by atoms with Crippen LogP contribution in [0.3, 0.4) is 0 Å². The van der Waals surface area contributed by atoms with Gasteiger partial charge in [-0.2, -0.15) is 0 Å². The van der Waals surface area contributed by atoms with Crippen molar-refractivity contribution in [2.24, 2.45) is 0 Å². The normalized spacial score (nSPS) is 13.5. The molecule has 0 amide bonds. The molecule has 1 aromatic carbocycles. The van der Waals surface area contributed by atoms with E-state index >= 15 is 0 Å². The minimum Gasteiger partial charge on any atom is -0.490 e. The number of rotatable bonds is 6. The summed E-state index contributed by atoms with van der Waals surface area (Å²) in [7, 11) is 1.61. The van der Waals surface area contributed by atoms with Crippen LogP contribution in [0, 0.1) is 5.82 Å². The average Bonchev–Trinajstić information content (AvgIpc) is 3.40. The summed E-state index contributed by atoms with van der Waals surface area (Å²) < 4.78 is 26.1. The van der Waals surface area contributed by atoms with Crippen molar-refractivity contribution in [3.05, 3.63) is 52.2 Å². The van der Waals surface area contributed by atoms with E-state index in [1.165, 1.54) is 17.0 Å². The maximum atomic E-state index is 14.1. The van der Waals surface area contributed by atoms with Gasteiger partial charge in [-0.25, -0.2) is 9.37 Å². The summed E-state index contributed by atoms with van der Waals surface area (Å²) in [5.41, 5.74) is 3.71. The highest BCUT2D eigenvalue weighted by molar-refractivity contribution is 7.18. The fraction of sp³-hybridized carbons (Fsp3) is 0.273. The molecule has 8 heteroatoms. The fourth-order valence-electron chi connectivity index (χ4n) is 3.63. The topological polar surface area (TPSA) is 56.3 Å². The third-order valence-corrected chi connectivity index (χ3v) is 7.11. The van der Waals surface area contributed by atoms with Gasteiger partial charge in [0.05, 0.1) is 12.3 Å². The van der Waals surface area contributed by atoms with Gasteiger partial charge in [-0.15, -0.1) is 22.7 Å². The number of thiazole rings is 1. The summed E-state index contributed by atoms with van der Waals surface area (Å²) in [5, 5.41) is 7.39. The Morgan fingerprint density at radius 3 is 3.03 bits per heavy atom. The standard InChI is InChI=1S/C22H20FN3O2S2/c1-27-7-8-28-17-10-14(23)2-3-15(17)19-20(25-11-13-5-9-29-21(13)19)22-26-16-4-6-24-12-18(16)30-22/h2-3,5,9-11,24H,4,6-8,12H2,1H3. The Hall–Kier alpha value is -2.39.